The Morgan fingerprint density at radius 1 is 1.31 bits per heavy atom. The molecule has 0 aromatic carbocycles. The molecule has 2 fully saturated rings. The molecule has 2 rings (SSSR count). The van der Waals surface area contributed by atoms with E-state index in [0.717, 1.165) is 38.8 Å². The Bertz CT molecular complexity index is 248. The van der Waals surface area contributed by atoms with Gasteiger partial charge in [0.25, 0.3) is 0 Å². The molecule has 1 N–H and O–H groups in total. The smallest absolute Gasteiger partial charge is 0.225 e. The van der Waals surface area contributed by atoms with E-state index in [9.17, 15) is 9.90 Å². The highest BCUT2D eigenvalue weighted by atomic mass is 16.3. The first-order valence-corrected chi connectivity index (χ1v) is 6.69. The number of amides is 1. The lowest BCUT2D eigenvalue weighted by atomic mass is 9.91. The van der Waals surface area contributed by atoms with Crippen molar-refractivity contribution in [1.82, 2.24) is 4.90 Å². The number of carbonyl (C=O) groups excluding carboxylic acids is 1. The second-order valence-corrected chi connectivity index (χ2v) is 5.29. The second-order valence-electron chi connectivity index (χ2n) is 5.29. The molecule has 0 radical (unpaired) electrons. The van der Waals surface area contributed by atoms with Gasteiger partial charge in [-0.2, -0.15) is 0 Å². The maximum absolute atomic E-state index is 12.2. The van der Waals surface area contributed by atoms with Crippen molar-refractivity contribution in [3.05, 3.63) is 0 Å². The molecule has 0 bridgehead atoms. The molecule has 1 saturated carbocycles. The Kier molecular flexibility index (Phi) is 3.85. The monoisotopic (exact) mass is 225 g/mol. The van der Waals surface area contributed by atoms with E-state index >= 15 is 0 Å². The number of nitrogens with zero attached hydrogens (tertiary/aromatic N) is 1. The molecule has 1 aliphatic heterocycles. The fourth-order valence-electron chi connectivity index (χ4n) is 3.05. The molecule has 0 spiro atoms. The predicted octanol–water partition coefficient (Wildman–Crippen LogP) is 1.80. The van der Waals surface area contributed by atoms with Gasteiger partial charge in [0.1, 0.15) is 0 Å². The van der Waals surface area contributed by atoms with E-state index in [4.69, 9.17) is 0 Å². The predicted molar refractivity (Wildman–Crippen MR) is 62.9 cm³/mol. The molecule has 1 amide bonds. The first-order valence-electron chi connectivity index (χ1n) is 6.69. The fraction of sp³-hybridized carbons (Fsp3) is 0.923. The highest BCUT2D eigenvalue weighted by Crippen LogP contribution is 2.29. The van der Waals surface area contributed by atoms with Gasteiger partial charge in [0.2, 0.25) is 5.91 Å². The first-order chi connectivity index (χ1) is 7.72. The quantitative estimate of drug-likeness (QED) is 0.778. The number of carbonyl (C=O) groups is 1. The Morgan fingerprint density at radius 2 is 2.00 bits per heavy atom. The molecule has 16 heavy (non-hydrogen) atoms. The summed E-state index contributed by atoms with van der Waals surface area (Å²) in [6.07, 6.45) is 6.11. The summed E-state index contributed by atoms with van der Waals surface area (Å²) in [5.41, 5.74) is 0. The molecule has 3 nitrogen and oxygen atoms in total. The van der Waals surface area contributed by atoms with E-state index in [1.54, 1.807) is 0 Å². The van der Waals surface area contributed by atoms with Gasteiger partial charge >= 0.3 is 0 Å². The maximum atomic E-state index is 12.2. The molecule has 1 heterocycles. The zero-order valence-corrected chi connectivity index (χ0v) is 10.2. The number of likely N-dealkylation sites (tertiary alicyclic amines) is 1. The van der Waals surface area contributed by atoms with Gasteiger partial charge in [0, 0.05) is 24.9 Å². The molecule has 0 aromatic heterocycles. The van der Waals surface area contributed by atoms with Gasteiger partial charge < -0.3 is 10.0 Å². The van der Waals surface area contributed by atoms with Gasteiger partial charge in [-0.15, -0.1) is 0 Å². The Hall–Kier alpha value is -0.570. The van der Waals surface area contributed by atoms with Crippen LogP contribution in [0.5, 0.6) is 0 Å². The van der Waals surface area contributed by atoms with Crippen molar-refractivity contribution in [3.63, 3.8) is 0 Å². The van der Waals surface area contributed by atoms with Crippen molar-refractivity contribution in [3.8, 4) is 0 Å². The minimum atomic E-state index is -0.197. The molecule has 1 aliphatic carbocycles. The highest BCUT2D eigenvalue weighted by molar-refractivity contribution is 5.79. The second kappa shape index (κ2) is 5.17. The number of hydrogen-bond acceptors (Lipinski definition) is 2. The summed E-state index contributed by atoms with van der Waals surface area (Å²) in [6.45, 7) is 3.62. The van der Waals surface area contributed by atoms with Crippen LogP contribution in [0, 0.1) is 11.8 Å². The van der Waals surface area contributed by atoms with Crippen molar-refractivity contribution in [1.29, 1.82) is 0 Å². The summed E-state index contributed by atoms with van der Waals surface area (Å²) in [5.74, 6) is 0.926. The topological polar surface area (TPSA) is 40.5 Å². The average Bonchev–Trinajstić information content (AvgIpc) is 2.82. The molecule has 3 heteroatoms. The third kappa shape index (κ3) is 2.40. The minimum absolute atomic E-state index is 0.197. The number of hydrogen-bond donors (Lipinski definition) is 1. The van der Waals surface area contributed by atoms with E-state index in [1.165, 1.54) is 12.8 Å². The zero-order valence-electron chi connectivity index (χ0n) is 10.2. The summed E-state index contributed by atoms with van der Waals surface area (Å²) in [5, 5.41) is 9.80. The molecule has 92 valence electrons. The Morgan fingerprint density at radius 3 is 2.62 bits per heavy atom. The molecular formula is C13H23NO2. The number of aliphatic hydroxyl groups is 1. The van der Waals surface area contributed by atoms with E-state index in [0.29, 0.717) is 11.8 Å². The van der Waals surface area contributed by atoms with E-state index < -0.39 is 0 Å². The Balaban J connectivity index is 1.91. The van der Waals surface area contributed by atoms with Crippen molar-refractivity contribution in [2.75, 3.05) is 13.1 Å². The van der Waals surface area contributed by atoms with Crippen LogP contribution < -0.4 is 0 Å². The van der Waals surface area contributed by atoms with E-state index in [1.807, 2.05) is 4.90 Å². The third-order valence-corrected chi connectivity index (χ3v) is 4.23. The van der Waals surface area contributed by atoms with Crippen molar-refractivity contribution in [2.45, 2.75) is 51.6 Å². The molecule has 2 aliphatic rings. The van der Waals surface area contributed by atoms with Crippen LogP contribution >= 0.6 is 0 Å². The normalized spacial score (nSPS) is 32.0. The molecule has 2 atom stereocenters. The number of aliphatic hydroxyl groups excluding tert-OH is 1. The zero-order chi connectivity index (χ0) is 11.5. The standard InChI is InChI=1S/C13H23NO2/c1-2-10-9-14(8-7-12(10)15)13(16)11-5-3-4-6-11/h10-12,15H,2-9H2,1H3. The largest absolute Gasteiger partial charge is 0.393 e. The first kappa shape index (κ1) is 11.9. The van der Waals surface area contributed by atoms with Gasteiger partial charge in [0.15, 0.2) is 0 Å². The van der Waals surface area contributed by atoms with Gasteiger partial charge in [-0.25, -0.2) is 0 Å². The van der Waals surface area contributed by atoms with Crippen LogP contribution in [0.3, 0.4) is 0 Å². The third-order valence-electron chi connectivity index (χ3n) is 4.23. The van der Waals surface area contributed by atoms with E-state index in [2.05, 4.69) is 6.92 Å². The molecular weight excluding hydrogens is 202 g/mol. The van der Waals surface area contributed by atoms with Gasteiger partial charge in [-0.3, -0.25) is 4.79 Å². The summed E-state index contributed by atoms with van der Waals surface area (Å²) in [6, 6.07) is 0. The van der Waals surface area contributed by atoms with Gasteiger partial charge in [-0.1, -0.05) is 19.8 Å². The summed E-state index contributed by atoms with van der Waals surface area (Å²) in [4.78, 5) is 14.2. The van der Waals surface area contributed by atoms with Crippen LogP contribution in [0.2, 0.25) is 0 Å². The average molecular weight is 225 g/mol. The lowest BCUT2D eigenvalue weighted by Crippen LogP contribution is -2.47. The van der Waals surface area contributed by atoms with Crippen LogP contribution in [0.1, 0.15) is 45.4 Å². The fourth-order valence-corrected chi connectivity index (χ4v) is 3.05. The summed E-state index contributed by atoms with van der Waals surface area (Å²) >= 11 is 0. The van der Waals surface area contributed by atoms with Crippen molar-refractivity contribution < 1.29 is 9.90 Å². The number of piperidine rings is 1. The minimum Gasteiger partial charge on any atom is -0.393 e. The molecule has 2 unspecified atom stereocenters. The molecule has 1 saturated heterocycles. The van der Waals surface area contributed by atoms with Gasteiger partial charge in [-0.05, 0) is 25.7 Å². The van der Waals surface area contributed by atoms with Crippen molar-refractivity contribution in [2.24, 2.45) is 11.8 Å². The summed E-state index contributed by atoms with van der Waals surface area (Å²) in [7, 11) is 0. The highest BCUT2D eigenvalue weighted by Gasteiger charge is 2.33. The number of rotatable bonds is 2. The van der Waals surface area contributed by atoms with Crippen LogP contribution in [0.4, 0.5) is 0 Å². The SMILES string of the molecule is CCC1CN(C(=O)C2CCCC2)CCC1O. The van der Waals surface area contributed by atoms with Crippen LogP contribution in [-0.4, -0.2) is 35.1 Å². The van der Waals surface area contributed by atoms with E-state index in [-0.39, 0.29) is 12.0 Å². The summed E-state index contributed by atoms with van der Waals surface area (Å²) < 4.78 is 0. The maximum Gasteiger partial charge on any atom is 0.225 e. The van der Waals surface area contributed by atoms with Crippen LogP contribution in [0.25, 0.3) is 0 Å². The Labute approximate surface area is 97.8 Å². The van der Waals surface area contributed by atoms with Crippen LogP contribution in [-0.2, 0) is 4.79 Å². The van der Waals surface area contributed by atoms with Crippen molar-refractivity contribution >= 4 is 5.91 Å². The lowest BCUT2D eigenvalue weighted by molar-refractivity contribution is -0.139. The van der Waals surface area contributed by atoms with Gasteiger partial charge in [0.05, 0.1) is 6.10 Å². The van der Waals surface area contributed by atoms with Crippen LogP contribution in [0.15, 0.2) is 0 Å². The lowest BCUT2D eigenvalue weighted by Gasteiger charge is -2.37. The molecule has 0 aromatic rings.